The molecule has 2 N–H and O–H groups in total. The number of rotatable bonds is 3. The minimum Gasteiger partial charge on any atom is -0.480 e. The highest BCUT2D eigenvalue weighted by Gasteiger charge is 2.16. The topological polar surface area (TPSA) is 79.3 Å². The number of pyridine rings is 1. The number of carbonyl (C=O) groups excluding carboxylic acids is 1. The maximum Gasteiger partial charge on any atom is 0.325 e. The number of carbonyl (C=O) groups is 2. The van der Waals surface area contributed by atoms with Gasteiger partial charge >= 0.3 is 5.97 Å². The van der Waals surface area contributed by atoms with Crippen LogP contribution in [-0.4, -0.2) is 28.0 Å². The lowest BCUT2D eigenvalue weighted by atomic mass is 10.3. The van der Waals surface area contributed by atoms with Crippen molar-refractivity contribution >= 4 is 11.9 Å². The van der Waals surface area contributed by atoms with Crippen LogP contribution in [0.2, 0.25) is 0 Å². The van der Waals surface area contributed by atoms with E-state index in [9.17, 15) is 14.0 Å². The zero-order valence-electron chi connectivity index (χ0n) is 7.90. The van der Waals surface area contributed by atoms with Gasteiger partial charge in [-0.15, -0.1) is 0 Å². The number of aliphatic carboxylic acids is 1. The second kappa shape index (κ2) is 4.50. The lowest BCUT2D eigenvalue weighted by Gasteiger charge is -2.08. The molecule has 0 aliphatic heterocycles. The maximum absolute atomic E-state index is 12.6. The van der Waals surface area contributed by atoms with E-state index in [4.69, 9.17) is 5.11 Å². The van der Waals surface area contributed by atoms with Gasteiger partial charge in [0.2, 0.25) is 5.95 Å². The first-order valence-corrected chi connectivity index (χ1v) is 4.17. The van der Waals surface area contributed by atoms with Gasteiger partial charge in [0.05, 0.1) is 0 Å². The summed E-state index contributed by atoms with van der Waals surface area (Å²) in [6.07, 6.45) is 0. The maximum atomic E-state index is 12.6. The minimum atomic E-state index is -1.17. The molecule has 1 unspecified atom stereocenters. The Bertz CT molecular complexity index is 395. The highest BCUT2D eigenvalue weighted by molar-refractivity contribution is 5.94. The van der Waals surface area contributed by atoms with Gasteiger partial charge in [-0.1, -0.05) is 6.07 Å². The van der Waals surface area contributed by atoms with Crippen molar-refractivity contribution in [2.45, 2.75) is 13.0 Å². The van der Waals surface area contributed by atoms with E-state index in [1.165, 1.54) is 19.1 Å². The zero-order chi connectivity index (χ0) is 11.4. The third kappa shape index (κ3) is 3.01. The van der Waals surface area contributed by atoms with Crippen LogP contribution >= 0.6 is 0 Å². The summed E-state index contributed by atoms with van der Waals surface area (Å²) in [5.74, 6) is -2.67. The molecule has 0 bridgehead atoms. The van der Waals surface area contributed by atoms with E-state index >= 15 is 0 Å². The molecule has 15 heavy (non-hydrogen) atoms. The highest BCUT2D eigenvalue weighted by atomic mass is 19.1. The fraction of sp³-hybridized carbons (Fsp3) is 0.222. The SMILES string of the molecule is CC(NC(=O)c1cccc(F)n1)C(=O)O. The van der Waals surface area contributed by atoms with E-state index in [0.717, 1.165) is 6.07 Å². The van der Waals surface area contributed by atoms with Crippen LogP contribution in [-0.2, 0) is 4.79 Å². The number of amides is 1. The summed E-state index contributed by atoms with van der Waals surface area (Å²) >= 11 is 0. The predicted molar refractivity (Wildman–Crippen MR) is 48.8 cm³/mol. The zero-order valence-corrected chi connectivity index (χ0v) is 7.90. The van der Waals surface area contributed by atoms with E-state index in [0.29, 0.717) is 0 Å². The van der Waals surface area contributed by atoms with Crippen molar-refractivity contribution in [3.8, 4) is 0 Å². The van der Waals surface area contributed by atoms with Crippen LogP contribution in [0.5, 0.6) is 0 Å². The summed E-state index contributed by atoms with van der Waals surface area (Å²) in [6.45, 7) is 1.31. The summed E-state index contributed by atoms with van der Waals surface area (Å²) in [6, 6.07) is 2.68. The minimum absolute atomic E-state index is 0.150. The number of carboxylic acid groups (broad SMARTS) is 1. The monoisotopic (exact) mass is 212 g/mol. The average Bonchev–Trinajstić information content (AvgIpc) is 2.17. The molecule has 0 aliphatic rings. The van der Waals surface area contributed by atoms with Crippen LogP contribution in [0.1, 0.15) is 17.4 Å². The van der Waals surface area contributed by atoms with E-state index in [1.807, 2.05) is 0 Å². The Labute approximate surface area is 84.9 Å². The lowest BCUT2D eigenvalue weighted by molar-refractivity contribution is -0.138. The lowest BCUT2D eigenvalue weighted by Crippen LogP contribution is -2.38. The second-order valence-electron chi connectivity index (χ2n) is 2.88. The van der Waals surface area contributed by atoms with Crippen LogP contribution in [0, 0.1) is 5.95 Å². The fourth-order valence-corrected chi connectivity index (χ4v) is 0.867. The molecular weight excluding hydrogens is 203 g/mol. The summed E-state index contributed by atoms with van der Waals surface area (Å²) in [7, 11) is 0. The van der Waals surface area contributed by atoms with Gasteiger partial charge in [0.25, 0.3) is 5.91 Å². The largest absolute Gasteiger partial charge is 0.480 e. The Balaban J connectivity index is 2.73. The van der Waals surface area contributed by atoms with Crippen LogP contribution in [0.25, 0.3) is 0 Å². The van der Waals surface area contributed by atoms with Gasteiger partial charge < -0.3 is 10.4 Å². The van der Waals surface area contributed by atoms with Gasteiger partial charge in [-0.2, -0.15) is 4.39 Å². The van der Waals surface area contributed by atoms with Crippen molar-refractivity contribution in [2.75, 3.05) is 0 Å². The molecule has 1 heterocycles. The summed E-state index contributed by atoms with van der Waals surface area (Å²) in [4.78, 5) is 25.0. The van der Waals surface area contributed by atoms with E-state index in [2.05, 4.69) is 10.3 Å². The number of hydrogen-bond donors (Lipinski definition) is 2. The molecule has 0 fully saturated rings. The van der Waals surface area contributed by atoms with Crippen molar-refractivity contribution in [2.24, 2.45) is 0 Å². The number of nitrogens with one attached hydrogen (secondary N) is 1. The molecular formula is C9H9FN2O3. The second-order valence-corrected chi connectivity index (χ2v) is 2.88. The molecule has 1 aromatic rings. The molecule has 0 aliphatic carbocycles. The third-order valence-corrected chi connectivity index (χ3v) is 1.67. The molecule has 5 nitrogen and oxygen atoms in total. The standard InChI is InChI=1S/C9H9FN2O3/c1-5(9(14)15)11-8(13)6-3-2-4-7(10)12-6/h2-5H,1H3,(H,11,13)(H,14,15). The van der Waals surface area contributed by atoms with Crippen molar-refractivity contribution < 1.29 is 19.1 Å². The van der Waals surface area contributed by atoms with Gasteiger partial charge in [-0.05, 0) is 19.1 Å². The summed E-state index contributed by atoms with van der Waals surface area (Å²) in [5, 5.41) is 10.7. The first-order chi connectivity index (χ1) is 7.00. The first-order valence-electron chi connectivity index (χ1n) is 4.17. The van der Waals surface area contributed by atoms with Crippen molar-refractivity contribution in [1.29, 1.82) is 0 Å². The van der Waals surface area contributed by atoms with Gasteiger partial charge in [0.1, 0.15) is 11.7 Å². The molecule has 1 rings (SSSR count). The number of hydrogen-bond acceptors (Lipinski definition) is 3. The van der Waals surface area contributed by atoms with Crippen molar-refractivity contribution in [3.63, 3.8) is 0 Å². The van der Waals surface area contributed by atoms with Crippen LogP contribution in [0.15, 0.2) is 18.2 Å². The molecule has 0 radical (unpaired) electrons. The normalized spacial score (nSPS) is 11.9. The number of halogens is 1. The number of carboxylic acids is 1. The smallest absolute Gasteiger partial charge is 0.325 e. The molecule has 1 aromatic heterocycles. The van der Waals surface area contributed by atoms with Gasteiger partial charge in [-0.25, -0.2) is 4.98 Å². The molecule has 0 aromatic carbocycles. The first kappa shape index (κ1) is 11.1. The quantitative estimate of drug-likeness (QED) is 0.712. The van der Waals surface area contributed by atoms with E-state index < -0.39 is 23.9 Å². The Morgan fingerprint density at radius 3 is 2.73 bits per heavy atom. The van der Waals surface area contributed by atoms with Crippen molar-refractivity contribution in [1.82, 2.24) is 10.3 Å². The Hall–Kier alpha value is -1.98. The Morgan fingerprint density at radius 2 is 2.20 bits per heavy atom. The average molecular weight is 212 g/mol. The van der Waals surface area contributed by atoms with Crippen LogP contribution in [0.3, 0.4) is 0 Å². The molecule has 1 amide bonds. The molecule has 0 saturated heterocycles. The van der Waals surface area contributed by atoms with Gasteiger partial charge in [-0.3, -0.25) is 9.59 Å². The van der Waals surface area contributed by atoms with E-state index in [1.54, 1.807) is 0 Å². The fourth-order valence-electron chi connectivity index (χ4n) is 0.867. The predicted octanol–water partition coefficient (Wildman–Crippen LogP) is 0.424. The summed E-state index contributed by atoms with van der Waals surface area (Å²) in [5.41, 5.74) is -0.150. The molecule has 6 heteroatoms. The Kier molecular flexibility index (Phi) is 3.33. The van der Waals surface area contributed by atoms with Crippen LogP contribution in [0.4, 0.5) is 4.39 Å². The molecule has 1 atom stereocenters. The molecule has 80 valence electrons. The van der Waals surface area contributed by atoms with Gasteiger partial charge in [0, 0.05) is 0 Å². The van der Waals surface area contributed by atoms with Gasteiger partial charge in [0.15, 0.2) is 0 Å². The summed E-state index contributed by atoms with van der Waals surface area (Å²) < 4.78 is 12.6. The molecule has 0 saturated carbocycles. The van der Waals surface area contributed by atoms with Crippen LogP contribution < -0.4 is 5.32 Å². The Morgan fingerprint density at radius 1 is 1.53 bits per heavy atom. The van der Waals surface area contributed by atoms with Crippen molar-refractivity contribution in [3.05, 3.63) is 29.8 Å². The third-order valence-electron chi connectivity index (χ3n) is 1.67. The highest BCUT2D eigenvalue weighted by Crippen LogP contribution is 1.98. The van der Waals surface area contributed by atoms with E-state index in [-0.39, 0.29) is 5.69 Å². The number of aromatic nitrogens is 1. The molecule has 0 spiro atoms. The number of nitrogens with zero attached hydrogens (tertiary/aromatic N) is 1.